The Bertz CT molecular complexity index is 439. The third kappa shape index (κ3) is 7.06. The number of aliphatic carboxylic acids is 1. The lowest BCUT2D eigenvalue weighted by Gasteiger charge is -2.23. The molecule has 2 N–H and O–H groups in total. The number of aliphatic hydroxyl groups is 1. The maximum absolute atomic E-state index is 10.6. The zero-order chi connectivity index (χ0) is 15.7. The Balaban J connectivity index is 2.43. The summed E-state index contributed by atoms with van der Waals surface area (Å²) in [6.07, 6.45) is 2.67. The Morgan fingerprint density at radius 3 is 2.52 bits per heavy atom. The molecular formula is C17H24O4. The van der Waals surface area contributed by atoms with Crippen molar-refractivity contribution in [2.24, 2.45) is 11.8 Å². The fraction of sp³-hybridized carbons (Fsp3) is 0.471. The standard InChI is InChI=1S/C17H24O4/c1-13(2)17(20)15(8-9-16(18)19)10-11-21-12-14-6-4-3-5-7-14/h3-9,13,15,17,20H,10-12H2,1-2H3,(H,18,19)/b9-8+. The number of aliphatic hydroxyl groups excluding tert-OH is 1. The van der Waals surface area contributed by atoms with Crippen LogP contribution in [0.25, 0.3) is 0 Å². The van der Waals surface area contributed by atoms with Gasteiger partial charge in [0.25, 0.3) is 0 Å². The molecule has 1 aromatic rings. The Kier molecular flexibility index (Phi) is 7.72. The first-order valence-electron chi connectivity index (χ1n) is 7.21. The van der Waals surface area contributed by atoms with Crippen LogP contribution in [0.4, 0.5) is 0 Å². The van der Waals surface area contributed by atoms with Gasteiger partial charge in [-0.1, -0.05) is 50.3 Å². The summed E-state index contributed by atoms with van der Waals surface area (Å²) in [7, 11) is 0. The molecule has 0 aromatic heterocycles. The number of benzene rings is 1. The molecule has 0 amide bonds. The van der Waals surface area contributed by atoms with Gasteiger partial charge < -0.3 is 14.9 Å². The molecule has 2 atom stereocenters. The zero-order valence-electron chi connectivity index (χ0n) is 12.6. The highest BCUT2D eigenvalue weighted by atomic mass is 16.5. The molecule has 0 radical (unpaired) electrons. The van der Waals surface area contributed by atoms with Gasteiger partial charge in [0, 0.05) is 18.6 Å². The highest BCUT2D eigenvalue weighted by Gasteiger charge is 2.19. The van der Waals surface area contributed by atoms with E-state index in [-0.39, 0.29) is 11.8 Å². The molecule has 0 aliphatic carbocycles. The lowest BCUT2D eigenvalue weighted by atomic mass is 9.90. The molecule has 1 aromatic carbocycles. The summed E-state index contributed by atoms with van der Waals surface area (Å²) in [6, 6.07) is 9.85. The first-order chi connectivity index (χ1) is 10.0. The van der Waals surface area contributed by atoms with E-state index in [1.807, 2.05) is 44.2 Å². The van der Waals surface area contributed by atoms with Crippen LogP contribution in [-0.2, 0) is 16.1 Å². The van der Waals surface area contributed by atoms with Crippen molar-refractivity contribution in [2.45, 2.75) is 33.0 Å². The number of rotatable bonds is 9. The highest BCUT2D eigenvalue weighted by Crippen LogP contribution is 2.18. The third-order valence-corrected chi connectivity index (χ3v) is 3.31. The van der Waals surface area contributed by atoms with E-state index in [2.05, 4.69) is 0 Å². The maximum Gasteiger partial charge on any atom is 0.327 e. The van der Waals surface area contributed by atoms with Gasteiger partial charge in [-0.25, -0.2) is 4.79 Å². The maximum atomic E-state index is 10.6. The Labute approximate surface area is 126 Å². The molecule has 2 unspecified atom stereocenters. The summed E-state index contributed by atoms with van der Waals surface area (Å²) in [5, 5.41) is 18.8. The van der Waals surface area contributed by atoms with E-state index >= 15 is 0 Å². The van der Waals surface area contributed by atoms with Crippen molar-refractivity contribution in [3.63, 3.8) is 0 Å². The van der Waals surface area contributed by atoms with Crippen LogP contribution in [0.15, 0.2) is 42.5 Å². The highest BCUT2D eigenvalue weighted by molar-refractivity contribution is 5.79. The molecule has 1 rings (SSSR count). The second-order valence-corrected chi connectivity index (χ2v) is 5.42. The molecule has 0 saturated carbocycles. The van der Waals surface area contributed by atoms with Gasteiger partial charge in [0.2, 0.25) is 0 Å². The van der Waals surface area contributed by atoms with Crippen molar-refractivity contribution in [3.8, 4) is 0 Å². The van der Waals surface area contributed by atoms with Crippen molar-refractivity contribution in [3.05, 3.63) is 48.0 Å². The van der Waals surface area contributed by atoms with E-state index in [4.69, 9.17) is 9.84 Å². The summed E-state index contributed by atoms with van der Waals surface area (Å²) in [5.41, 5.74) is 1.10. The Morgan fingerprint density at radius 2 is 1.95 bits per heavy atom. The fourth-order valence-corrected chi connectivity index (χ4v) is 2.06. The van der Waals surface area contributed by atoms with E-state index in [1.165, 1.54) is 0 Å². The molecule has 0 heterocycles. The smallest absolute Gasteiger partial charge is 0.327 e. The Hall–Kier alpha value is -1.65. The summed E-state index contributed by atoms with van der Waals surface area (Å²) in [6.45, 7) is 4.83. The molecular weight excluding hydrogens is 268 g/mol. The van der Waals surface area contributed by atoms with Gasteiger partial charge in [0.1, 0.15) is 0 Å². The number of ether oxygens (including phenoxy) is 1. The number of carboxylic acids is 1. The van der Waals surface area contributed by atoms with Crippen molar-refractivity contribution >= 4 is 5.97 Å². The van der Waals surface area contributed by atoms with Crippen LogP contribution < -0.4 is 0 Å². The van der Waals surface area contributed by atoms with E-state index < -0.39 is 12.1 Å². The van der Waals surface area contributed by atoms with E-state index in [1.54, 1.807) is 6.08 Å². The largest absolute Gasteiger partial charge is 0.478 e. The Morgan fingerprint density at radius 1 is 1.29 bits per heavy atom. The third-order valence-electron chi connectivity index (χ3n) is 3.31. The minimum Gasteiger partial charge on any atom is -0.478 e. The quantitative estimate of drug-likeness (QED) is 0.542. The van der Waals surface area contributed by atoms with Gasteiger partial charge in [-0.2, -0.15) is 0 Å². The van der Waals surface area contributed by atoms with Crippen molar-refractivity contribution in [1.29, 1.82) is 0 Å². The predicted octanol–water partition coefficient (Wildman–Crippen LogP) is 2.87. The topological polar surface area (TPSA) is 66.8 Å². The van der Waals surface area contributed by atoms with Crippen LogP contribution in [0.3, 0.4) is 0 Å². The first kappa shape index (κ1) is 17.4. The minimum atomic E-state index is -0.999. The summed E-state index contributed by atoms with van der Waals surface area (Å²) in [5.74, 6) is -1.14. The molecule has 21 heavy (non-hydrogen) atoms. The summed E-state index contributed by atoms with van der Waals surface area (Å²) >= 11 is 0. The second kappa shape index (κ2) is 9.32. The van der Waals surface area contributed by atoms with Gasteiger partial charge in [-0.05, 0) is 17.9 Å². The molecule has 0 saturated heterocycles. The second-order valence-electron chi connectivity index (χ2n) is 5.42. The lowest BCUT2D eigenvalue weighted by Crippen LogP contribution is -2.26. The number of hydrogen-bond acceptors (Lipinski definition) is 3. The molecule has 4 heteroatoms. The molecule has 0 aliphatic heterocycles. The number of carboxylic acid groups (broad SMARTS) is 1. The van der Waals surface area contributed by atoms with Gasteiger partial charge in [-0.15, -0.1) is 0 Å². The number of hydrogen-bond donors (Lipinski definition) is 2. The van der Waals surface area contributed by atoms with Crippen LogP contribution in [0.5, 0.6) is 0 Å². The lowest BCUT2D eigenvalue weighted by molar-refractivity contribution is -0.131. The average molecular weight is 292 g/mol. The average Bonchev–Trinajstić information content (AvgIpc) is 2.46. The van der Waals surface area contributed by atoms with Crippen LogP contribution >= 0.6 is 0 Å². The minimum absolute atomic E-state index is 0.0718. The number of carbonyl (C=O) groups is 1. The van der Waals surface area contributed by atoms with Crippen LogP contribution in [0.2, 0.25) is 0 Å². The zero-order valence-corrected chi connectivity index (χ0v) is 12.6. The van der Waals surface area contributed by atoms with E-state index in [0.717, 1.165) is 11.6 Å². The molecule has 0 bridgehead atoms. The summed E-state index contributed by atoms with van der Waals surface area (Å²) < 4.78 is 5.59. The normalized spacial score (nSPS) is 14.5. The molecule has 4 nitrogen and oxygen atoms in total. The van der Waals surface area contributed by atoms with Gasteiger partial charge in [-0.3, -0.25) is 0 Å². The van der Waals surface area contributed by atoms with Crippen molar-refractivity contribution in [2.75, 3.05) is 6.61 Å². The fourth-order valence-electron chi connectivity index (χ4n) is 2.06. The van der Waals surface area contributed by atoms with Crippen molar-refractivity contribution in [1.82, 2.24) is 0 Å². The summed E-state index contributed by atoms with van der Waals surface area (Å²) in [4.78, 5) is 10.6. The molecule has 0 aliphatic rings. The van der Waals surface area contributed by atoms with Crippen LogP contribution in [-0.4, -0.2) is 28.9 Å². The van der Waals surface area contributed by atoms with Crippen molar-refractivity contribution < 1.29 is 19.7 Å². The van der Waals surface area contributed by atoms with E-state index in [0.29, 0.717) is 19.6 Å². The van der Waals surface area contributed by atoms with Gasteiger partial charge in [0.15, 0.2) is 0 Å². The first-order valence-corrected chi connectivity index (χ1v) is 7.21. The monoisotopic (exact) mass is 292 g/mol. The van der Waals surface area contributed by atoms with Gasteiger partial charge in [0.05, 0.1) is 12.7 Å². The molecule has 0 spiro atoms. The van der Waals surface area contributed by atoms with Crippen LogP contribution in [0, 0.1) is 11.8 Å². The molecule has 116 valence electrons. The predicted molar refractivity (Wildman–Crippen MR) is 81.8 cm³/mol. The van der Waals surface area contributed by atoms with Gasteiger partial charge >= 0.3 is 5.97 Å². The molecule has 0 fully saturated rings. The van der Waals surface area contributed by atoms with Crippen LogP contribution in [0.1, 0.15) is 25.8 Å². The van der Waals surface area contributed by atoms with E-state index in [9.17, 15) is 9.90 Å². The SMILES string of the molecule is CC(C)C(O)C(/C=C/C(=O)O)CCOCc1ccccc1.